The van der Waals surface area contributed by atoms with Crippen LogP contribution < -0.4 is 0 Å². The van der Waals surface area contributed by atoms with Gasteiger partial charge in [0, 0.05) is 6.26 Å². The van der Waals surface area contributed by atoms with Crippen LogP contribution in [0.4, 0.5) is 4.79 Å². The van der Waals surface area contributed by atoms with Crippen molar-refractivity contribution >= 4 is 27.8 Å². The zero-order valence-electron chi connectivity index (χ0n) is 12.4. The van der Waals surface area contributed by atoms with E-state index in [4.69, 9.17) is 4.74 Å². The maximum absolute atomic E-state index is 11.8. The van der Waals surface area contributed by atoms with Gasteiger partial charge in [0.2, 0.25) is 0 Å². The van der Waals surface area contributed by atoms with Crippen molar-refractivity contribution in [3.8, 4) is 0 Å². The number of imide groups is 1. The van der Waals surface area contributed by atoms with E-state index in [1.165, 1.54) is 24.3 Å². The Morgan fingerprint density at radius 3 is 2.43 bits per heavy atom. The van der Waals surface area contributed by atoms with Crippen molar-refractivity contribution in [2.24, 2.45) is 0 Å². The number of ether oxygens (including phenoxy) is 2. The lowest BCUT2D eigenvalue weighted by Crippen LogP contribution is -2.35. The highest BCUT2D eigenvalue weighted by Gasteiger charge is 2.29. The third kappa shape index (κ3) is 4.78. The molecular formula is C14H15NO7S. The van der Waals surface area contributed by atoms with Crippen LogP contribution in [0.2, 0.25) is 0 Å². The standard InChI is InChI=1S/C14H15NO7S/c1-23(19,20)9-10-2-4-11(5-3-10)13(17)22-8-12(16)15-6-7-21-14(15)18/h2-5H,6-9H2,1H3. The second-order valence-corrected chi connectivity index (χ2v) is 7.14. The van der Waals surface area contributed by atoms with E-state index in [9.17, 15) is 22.8 Å². The van der Waals surface area contributed by atoms with E-state index < -0.39 is 34.4 Å². The lowest BCUT2D eigenvalue weighted by molar-refractivity contribution is -0.131. The lowest BCUT2D eigenvalue weighted by atomic mass is 10.1. The SMILES string of the molecule is CS(=O)(=O)Cc1ccc(C(=O)OCC(=O)N2CCOC2=O)cc1. The molecule has 1 fully saturated rings. The summed E-state index contributed by atoms with van der Waals surface area (Å²) in [5.74, 6) is -1.52. The fourth-order valence-electron chi connectivity index (χ4n) is 1.95. The number of nitrogens with zero attached hydrogens (tertiary/aromatic N) is 1. The monoisotopic (exact) mass is 341 g/mol. The van der Waals surface area contributed by atoms with Crippen molar-refractivity contribution in [2.75, 3.05) is 26.0 Å². The average molecular weight is 341 g/mol. The number of carbonyl (C=O) groups is 3. The molecule has 0 radical (unpaired) electrons. The van der Waals surface area contributed by atoms with E-state index >= 15 is 0 Å². The van der Waals surface area contributed by atoms with Crippen molar-refractivity contribution < 1.29 is 32.3 Å². The summed E-state index contributed by atoms with van der Waals surface area (Å²) in [5, 5.41) is 0. The molecule has 1 saturated heterocycles. The number of hydrogen-bond donors (Lipinski definition) is 0. The number of amides is 2. The molecule has 1 heterocycles. The molecule has 0 N–H and O–H groups in total. The Balaban J connectivity index is 1.90. The Bertz CT molecular complexity index is 724. The quantitative estimate of drug-likeness (QED) is 0.712. The van der Waals surface area contributed by atoms with Crippen LogP contribution in [-0.2, 0) is 29.9 Å². The molecule has 1 aromatic rings. The summed E-state index contributed by atoms with van der Waals surface area (Å²) in [6, 6.07) is 5.82. The number of hydrogen-bond acceptors (Lipinski definition) is 7. The molecular weight excluding hydrogens is 326 g/mol. The van der Waals surface area contributed by atoms with Crippen LogP contribution in [0.3, 0.4) is 0 Å². The normalized spacial score (nSPS) is 14.5. The first-order valence-electron chi connectivity index (χ1n) is 6.67. The molecule has 0 aliphatic carbocycles. The Kier molecular flexibility index (Phi) is 4.99. The number of sulfone groups is 1. The first kappa shape index (κ1) is 16.9. The summed E-state index contributed by atoms with van der Waals surface area (Å²) in [7, 11) is -3.16. The van der Waals surface area contributed by atoms with Crippen LogP contribution in [0.15, 0.2) is 24.3 Å². The van der Waals surface area contributed by atoms with Gasteiger partial charge in [-0.3, -0.25) is 4.79 Å². The average Bonchev–Trinajstić information content (AvgIpc) is 2.90. The van der Waals surface area contributed by atoms with Crippen LogP contribution in [0.25, 0.3) is 0 Å². The van der Waals surface area contributed by atoms with Gasteiger partial charge in [0.15, 0.2) is 16.4 Å². The summed E-state index contributed by atoms with van der Waals surface area (Å²) in [4.78, 5) is 35.5. The molecule has 23 heavy (non-hydrogen) atoms. The fourth-order valence-corrected chi connectivity index (χ4v) is 2.75. The lowest BCUT2D eigenvalue weighted by Gasteiger charge is -2.11. The van der Waals surface area contributed by atoms with E-state index in [1.807, 2.05) is 0 Å². The topological polar surface area (TPSA) is 107 Å². The molecule has 9 heteroatoms. The molecule has 1 aliphatic heterocycles. The molecule has 8 nitrogen and oxygen atoms in total. The first-order valence-corrected chi connectivity index (χ1v) is 8.73. The number of cyclic esters (lactones) is 1. The molecule has 1 aliphatic rings. The van der Waals surface area contributed by atoms with E-state index in [-0.39, 0.29) is 24.5 Å². The van der Waals surface area contributed by atoms with E-state index in [1.54, 1.807) is 0 Å². The predicted octanol–water partition coefficient (Wildman–Crippen LogP) is 0.367. The van der Waals surface area contributed by atoms with Crippen LogP contribution >= 0.6 is 0 Å². The van der Waals surface area contributed by atoms with E-state index in [0.717, 1.165) is 11.2 Å². The minimum atomic E-state index is -3.16. The summed E-state index contributed by atoms with van der Waals surface area (Å²) in [6.07, 6.45) is 0.362. The van der Waals surface area contributed by atoms with Crippen LogP contribution in [0.1, 0.15) is 15.9 Å². The summed E-state index contributed by atoms with van der Waals surface area (Å²) in [5.41, 5.74) is 0.721. The highest BCUT2D eigenvalue weighted by molar-refractivity contribution is 7.89. The molecule has 0 unspecified atom stereocenters. The van der Waals surface area contributed by atoms with Crippen molar-refractivity contribution in [1.82, 2.24) is 4.90 Å². The van der Waals surface area contributed by atoms with E-state index in [0.29, 0.717) is 5.56 Å². The highest BCUT2D eigenvalue weighted by atomic mass is 32.2. The first-order chi connectivity index (χ1) is 10.8. The zero-order chi connectivity index (χ0) is 17.0. The predicted molar refractivity (Wildman–Crippen MR) is 78.3 cm³/mol. The molecule has 124 valence electrons. The molecule has 0 aromatic heterocycles. The van der Waals surface area contributed by atoms with Gasteiger partial charge in [0.1, 0.15) is 6.61 Å². The van der Waals surface area contributed by atoms with Gasteiger partial charge < -0.3 is 9.47 Å². The van der Waals surface area contributed by atoms with Gasteiger partial charge in [0.05, 0.1) is 17.9 Å². The molecule has 1 aromatic carbocycles. The Morgan fingerprint density at radius 1 is 1.26 bits per heavy atom. The maximum atomic E-state index is 11.8. The van der Waals surface area contributed by atoms with Gasteiger partial charge in [-0.25, -0.2) is 22.9 Å². The number of carbonyl (C=O) groups excluding carboxylic acids is 3. The second-order valence-electron chi connectivity index (χ2n) is 5.00. The van der Waals surface area contributed by atoms with Crippen molar-refractivity contribution in [3.63, 3.8) is 0 Å². The van der Waals surface area contributed by atoms with E-state index in [2.05, 4.69) is 4.74 Å². The molecule has 0 bridgehead atoms. The molecule has 0 saturated carbocycles. The molecule has 2 amide bonds. The van der Waals surface area contributed by atoms with Crippen LogP contribution in [0.5, 0.6) is 0 Å². The summed E-state index contributed by atoms with van der Waals surface area (Å²) >= 11 is 0. The molecule has 2 rings (SSSR count). The largest absolute Gasteiger partial charge is 0.452 e. The van der Waals surface area contributed by atoms with Gasteiger partial charge in [-0.15, -0.1) is 0 Å². The number of esters is 1. The van der Waals surface area contributed by atoms with Crippen LogP contribution in [-0.4, -0.2) is 57.3 Å². The minimum Gasteiger partial charge on any atom is -0.452 e. The third-order valence-electron chi connectivity index (χ3n) is 3.01. The van der Waals surface area contributed by atoms with Crippen LogP contribution in [0, 0.1) is 0 Å². The maximum Gasteiger partial charge on any atom is 0.416 e. The summed E-state index contributed by atoms with van der Waals surface area (Å²) in [6.45, 7) is -0.311. The summed E-state index contributed by atoms with van der Waals surface area (Å²) < 4.78 is 31.8. The van der Waals surface area contributed by atoms with Gasteiger partial charge >= 0.3 is 12.1 Å². The van der Waals surface area contributed by atoms with Gasteiger partial charge in [-0.2, -0.15) is 0 Å². The van der Waals surface area contributed by atoms with Gasteiger partial charge in [0.25, 0.3) is 5.91 Å². The van der Waals surface area contributed by atoms with Crippen molar-refractivity contribution in [2.45, 2.75) is 5.75 Å². The van der Waals surface area contributed by atoms with Crippen molar-refractivity contribution in [3.05, 3.63) is 35.4 Å². The highest BCUT2D eigenvalue weighted by Crippen LogP contribution is 2.10. The number of benzene rings is 1. The molecule has 0 spiro atoms. The second kappa shape index (κ2) is 6.78. The Morgan fingerprint density at radius 2 is 1.91 bits per heavy atom. The van der Waals surface area contributed by atoms with Crippen molar-refractivity contribution in [1.29, 1.82) is 0 Å². The van der Waals surface area contributed by atoms with Gasteiger partial charge in [-0.1, -0.05) is 12.1 Å². The minimum absolute atomic E-state index is 0.125. The van der Waals surface area contributed by atoms with Gasteiger partial charge in [-0.05, 0) is 17.7 Å². The molecule has 0 atom stereocenters. The third-order valence-corrected chi connectivity index (χ3v) is 3.86. The Hall–Kier alpha value is -2.42. The Labute approximate surface area is 132 Å². The zero-order valence-corrected chi connectivity index (χ0v) is 13.2. The smallest absolute Gasteiger partial charge is 0.416 e. The number of rotatable bonds is 5. The fraction of sp³-hybridized carbons (Fsp3) is 0.357.